The number of benzene rings is 1. The van der Waals surface area contributed by atoms with E-state index in [1.807, 2.05) is 30.3 Å². The van der Waals surface area contributed by atoms with E-state index in [2.05, 4.69) is 10.3 Å². The van der Waals surface area contributed by atoms with E-state index < -0.39 is 0 Å². The van der Waals surface area contributed by atoms with Gasteiger partial charge in [0.2, 0.25) is 5.91 Å². The van der Waals surface area contributed by atoms with Gasteiger partial charge in [-0.3, -0.25) is 14.4 Å². The lowest BCUT2D eigenvalue weighted by Crippen LogP contribution is -2.53. The van der Waals surface area contributed by atoms with Crippen LogP contribution in [0.15, 0.2) is 42.6 Å². The number of anilines is 2. The summed E-state index contributed by atoms with van der Waals surface area (Å²) in [5, 5.41) is 2.99. The molecular formula is C20H20N4O4. The minimum atomic E-state index is -0.309. The number of aromatic nitrogens is 1. The molecule has 0 radical (unpaired) electrons. The molecule has 1 aromatic heterocycles. The monoisotopic (exact) mass is 380 g/mol. The summed E-state index contributed by atoms with van der Waals surface area (Å²) >= 11 is 0. The van der Waals surface area contributed by atoms with Gasteiger partial charge in [0.1, 0.15) is 0 Å². The van der Waals surface area contributed by atoms with E-state index in [9.17, 15) is 14.4 Å². The molecule has 0 unspecified atom stereocenters. The highest BCUT2D eigenvalue weighted by Gasteiger charge is 2.37. The summed E-state index contributed by atoms with van der Waals surface area (Å²) in [6, 6.07) is 11.3. The van der Waals surface area contributed by atoms with Crippen LogP contribution < -0.4 is 10.2 Å². The first kappa shape index (κ1) is 18.0. The minimum Gasteiger partial charge on any atom is -0.469 e. The van der Waals surface area contributed by atoms with Crippen molar-refractivity contribution in [3.05, 3.63) is 53.7 Å². The van der Waals surface area contributed by atoms with Gasteiger partial charge in [0.25, 0.3) is 5.91 Å². The van der Waals surface area contributed by atoms with Gasteiger partial charge in [0.05, 0.1) is 37.4 Å². The second kappa shape index (κ2) is 7.30. The molecule has 0 saturated carbocycles. The van der Waals surface area contributed by atoms with E-state index >= 15 is 0 Å². The maximum atomic E-state index is 12.7. The van der Waals surface area contributed by atoms with Crippen molar-refractivity contribution in [2.45, 2.75) is 6.54 Å². The van der Waals surface area contributed by atoms with E-state index in [1.54, 1.807) is 15.9 Å². The van der Waals surface area contributed by atoms with Crippen LogP contribution in [-0.4, -0.2) is 54.4 Å². The number of nitrogens with zero attached hydrogens (tertiary/aromatic N) is 3. The number of rotatable bonds is 4. The molecular weight excluding hydrogens is 360 g/mol. The number of carbonyl (C=O) groups excluding carboxylic acids is 3. The molecule has 1 N–H and O–H groups in total. The van der Waals surface area contributed by atoms with Gasteiger partial charge in [0, 0.05) is 19.3 Å². The fourth-order valence-corrected chi connectivity index (χ4v) is 3.38. The summed E-state index contributed by atoms with van der Waals surface area (Å²) in [5.41, 5.74) is 1.96. The van der Waals surface area contributed by atoms with Crippen LogP contribution in [-0.2, 0) is 20.9 Å². The molecule has 2 aliphatic rings. The van der Waals surface area contributed by atoms with E-state index in [-0.39, 0.29) is 30.2 Å². The van der Waals surface area contributed by atoms with Crippen LogP contribution in [0.4, 0.5) is 11.5 Å². The largest absolute Gasteiger partial charge is 0.469 e. The first-order valence-electron chi connectivity index (χ1n) is 9.02. The van der Waals surface area contributed by atoms with Gasteiger partial charge in [-0.1, -0.05) is 30.3 Å². The van der Waals surface area contributed by atoms with Gasteiger partial charge in [0.15, 0.2) is 5.82 Å². The number of amides is 2. The van der Waals surface area contributed by atoms with Crippen molar-refractivity contribution in [1.29, 1.82) is 0 Å². The Kier molecular flexibility index (Phi) is 4.68. The van der Waals surface area contributed by atoms with Crippen molar-refractivity contribution >= 4 is 29.3 Å². The number of pyridine rings is 1. The van der Waals surface area contributed by atoms with Gasteiger partial charge in [-0.15, -0.1) is 0 Å². The van der Waals surface area contributed by atoms with Crippen molar-refractivity contribution in [2.75, 3.05) is 37.0 Å². The lowest BCUT2D eigenvalue weighted by Gasteiger charge is -2.37. The van der Waals surface area contributed by atoms with Gasteiger partial charge < -0.3 is 19.9 Å². The number of likely N-dealkylation sites (tertiary alicyclic amines) is 1. The van der Waals surface area contributed by atoms with Crippen molar-refractivity contribution in [3.63, 3.8) is 0 Å². The molecule has 0 aliphatic carbocycles. The van der Waals surface area contributed by atoms with Crippen molar-refractivity contribution in [3.8, 4) is 0 Å². The first-order chi connectivity index (χ1) is 13.6. The molecule has 144 valence electrons. The first-order valence-corrected chi connectivity index (χ1v) is 9.02. The second-order valence-electron chi connectivity index (χ2n) is 6.84. The highest BCUT2D eigenvalue weighted by molar-refractivity contribution is 6.04. The topological polar surface area (TPSA) is 91.8 Å². The van der Waals surface area contributed by atoms with Gasteiger partial charge in [-0.25, -0.2) is 4.98 Å². The summed E-state index contributed by atoms with van der Waals surface area (Å²) < 4.78 is 4.70. The zero-order valence-corrected chi connectivity index (χ0v) is 15.4. The highest BCUT2D eigenvalue weighted by Crippen LogP contribution is 2.31. The molecule has 0 bridgehead atoms. The number of fused-ring (bicyclic) bond motifs is 1. The normalized spacial score (nSPS) is 16.1. The zero-order chi connectivity index (χ0) is 19.7. The SMILES string of the molecule is COC(=O)C1CN(C(=O)c2cnc3c(c2)N(Cc2ccccc2)C(=O)CN3)C1. The molecule has 8 heteroatoms. The smallest absolute Gasteiger partial charge is 0.312 e. The van der Waals surface area contributed by atoms with Crippen LogP contribution in [0, 0.1) is 5.92 Å². The summed E-state index contributed by atoms with van der Waals surface area (Å²) in [6.45, 7) is 1.22. The molecule has 1 aromatic carbocycles. The van der Waals surface area contributed by atoms with Gasteiger partial charge in [-0.2, -0.15) is 0 Å². The van der Waals surface area contributed by atoms with Crippen LogP contribution in [0.3, 0.4) is 0 Å². The van der Waals surface area contributed by atoms with Crippen LogP contribution in [0.1, 0.15) is 15.9 Å². The van der Waals surface area contributed by atoms with Gasteiger partial charge >= 0.3 is 5.97 Å². The quantitative estimate of drug-likeness (QED) is 0.804. The number of methoxy groups -OCH3 is 1. The third-order valence-electron chi connectivity index (χ3n) is 5.00. The maximum absolute atomic E-state index is 12.7. The molecule has 0 atom stereocenters. The highest BCUT2D eigenvalue weighted by atomic mass is 16.5. The Morgan fingerprint density at radius 1 is 1.25 bits per heavy atom. The van der Waals surface area contributed by atoms with Crippen LogP contribution >= 0.6 is 0 Å². The lowest BCUT2D eigenvalue weighted by atomic mass is 9.99. The second-order valence-corrected chi connectivity index (χ2v) is 6.84. The minimum absolute atomic E-state index is 0.0857. The maximum Gasteiger partial charge on any atom is 0.312 e. The fourth-order valence-electron chi connectivity index (χ4n) is 3.38. The Bertz CT molecular complexity index is 925. The third kappa shape index (κ3) is 3.28. The molecule has 0 spiro atoms. The molecule has 2 aromatic rings. The van der Waals surface area contributed by atoms with E-state index in [1.165, 1.54) is 13.3 Å². The molecule has 4 rings (SSSR count). The number of hydrogen-bond donors (Lipinski definition) is 1. The lowest BCUT2D eigenvalue weighted by molar-refractivity contribution is -0.149. The molecule has 2 aliphatic heterocycles. The third-order valence-corrected chi connectivity index (χ3v) is 5.00. The average molecular weight is 380 g/mol. The number of esters is 1. The van der Waals surface area contributed by atoms with Crippen molar-refractivity contribution in [2.24, 2.45) is 5.92 Å². The number of ether oxygens (including phenoxy) is 1. The van der Waals surface area contributed by atoms with Gasteiger partial charge in [-0.05, 0) is 11.6 Å². The Balaban J connectivity index is 1.55. The summed E-state index contributed by atoms with van der Waals surface area (Å²) in [4.78, 5) is 44.3. The molecule has 2 amide bonds. The van der Waals surface area contributed by atoms with Crippen LogP contribution in [0.5, 0.6) is 0 Å². The number of carbonyl (C=O) groups is 3. The van der Waals surface area contributed by atoms with E-state index in [0.29, 0.717) is 36.7 Å². The standard InChI is InChI=1S/C20H20N4O4/c1-28-20(27)15-11-23(12-15)19(26)14-7-16-18(21-8-14)22-9-17(25)24(16)10-13-5-3-2-4-6-13/h2-8,15H,9-12H2,1H3,(H,21,22). The summed E-state index contributed by atoms with van der Waals surface area (Å²) in [5.74, 6) is -0.317. The molecule has 1 fully saturated rings. The summed E-state index contributed by atoms with van der Waals surface area (Å²) in [7, 11) is 1.34. The predicted molar refractivity (Wildman–Crippen MR) is 102 cm³/mol. The Morgan fingerprint density at radius 3 is 2.71 bits per heavy atom. The van der Waals surface area contributed by atoms with E-state index in [0.717, 1.165) is 5.56 Å². The molecule has 3 heterocycles. The number of hydrogen-bond acceptors (Lipinski definition) is 6. The average Bonchev–Trinajstić information content (AvgIpc) is 2.69. The molecule has 28 heavy (non-hydrogen) atoms. The molecule has 8 nitrogen and oxygen atoms in total. The Labute approximate surface area is 162 Å². The van der Waals surface area contributed by atoms with E-state index in [4.69, 9.17) is 4.74 Å². The predicted octanol–water partition coefficient (Wildman–Crippen LogP) is 1.29. The Morgan fingerprint density at radius 2 is 2.00 bits per heavy atom. The van der Waals surface area contributed by atoms with Crippen LogP contribution in [0.25, 0.3) is 0 Å². The fraction of sp³-hybridized carbons (Fsp3) is 0.300. The molecule has 1 saturated heterocycles. The van der Waals surface area contributed by atoms with Crippen molar-refractivity contribution < 1.29 is 19.1 Å². The summed E-state index contributed by atoms with van der Waals surface area (Å²) in [6.07, 6.45) is 1.50. The zero-order valence-electron chi connectivity index (χ0n) is 15.4. The van der Waals surface area contributed by atoms with Crippen molar-refractivity contribution in [1.82, 2.24) is 9.88 Å². The number of nitrogens with one attached hydrogen (secondary N) is 1. The van der Waals surface area contributed by atoms with Crippen LogP contribution in [0.2, 0.25) is 0 Å². The Hall–Kier alpha value is -3.42.